The number of carbonyl (C=O) groups is 1. The Balaban J connectivity index is 2.91. The van der Waals surface area contributed by atoms with E-state index in [1.54, 1.807) is 0 Å². The number of benzene rings is 1. The molecule has 1 N–H and O–H groups in total. The largest absolute Gasteiger partial charge is 0.350 e. The van der Waals surface area contributed by atoms with E-state index in [9.17, 15) is 13.2 Å². The number of hydrogen-bond donors (Lipinski definition) is 1. The van der Waals surface area contributed by atoms with Crippen LogP contribution in [0.5, 0.6) is 0 Å². The van der Waals surface area contributed by atoms with Crippen LogP contribution in [0.15, 0.2) is 23.1 Å². The topological polar surface area (TPSA) is 63.2 Å². The van der Waals surface area contributed by atoms with Gasteiger partial charge in [-0.15, -0.1) is 0 Å². The van der Waals surface area contributed by atoms with E-state index in [1.165, 1.54) is 18.2 Å². The van der Waals surface area contributed by atoms with Crippen LogP contribution >= 0.6 is 22.3 Å². The minimum Gasteiger partial charge on any atom is -0.350 e. The minimum absolute atomic E-state index is 0.0116. The highest BCUT2D eigenvalue weighted by Gasteiger charge is 2.17. The second kappa shape index (κ2) is 7.47. The van der Waals surface area contributed by atoms with Gasteiger partial charge in [0, 0.05) is 27.3 Å². The van der Waals surface area contributed by atoms with Crippen LogP contribution < -0.4 is 5.32 Å². The van der Waals surface area contributed by atoms with E-state index in [1.807, 2.05) is 6.92 Å². The molecule has 0 aromatic heterocycles. The molecule has 0 radical (unpaired) electrons. The van der Waals surface area contributed by atoms with Gasteiger partial charge in [0.15, 0.2) is 0 Å². The van der Waals surface area contributed by atoms with Gasteiger partial charge < -0.3 is 5.32 Å². The summed E-state index contributed by atoms with van der Waals surface area (Å²) in [6, 6.07) is 3.84. The molecule has 2 unspecified atom stereocenters. The molecule has 0 fully saturated rings. The SMILES string of the molecule is CCC(C)CC(C)NC(=O)c1cc(Cl)cc(S(=O)(=O)Cl)c1. The lowest BCUT2D eigenvalue weighted by Gasteiger charge is -2.17. The summed E-state index contributed by atoms with van der Waals surface area (Å²) >= 11 is 5.84. The Morgan fingerprint density at radius 2 is 1.90 bits per heavy atom. The third-order valence-electron chi connectivity index (χ3n) is 3.25. The molecule has 118 valence electrons. The summed E-state index contributed by atoms with van der Waals surface area (Å²) < 4.78 is 22.7. The Kier molecular flexibility index (Phi) is 6.50. The van der Waals surface area contributed by atoms with Crippen molar-refractivity contribution in [1.29, 1.82) is 0 Å². The molecule has 0 aliphatic rings. The van der Waals surface area contributed by atoms with Crippen molar-refractivity contribution in [3.05, 3.63) is 28.8 Å². The molecule has 0 bridgehead atoms. The van der Waals surface area contributed by atoms with E-state index in [0.717, 1.165) is 12.8 Å². The van der Waals surface area contributed by atoms with Crippen molar-refractivity contribution in [2.24, 2.45) is 5.92 Å². The highest BCUT2D eigenvalue weighted by molar-refractivity contribution is 8.13. The quantitative estimate of drug-likeness (QED) is 0.792. The third-order valence-corrected chi connectivity index (χ3v) is 4.80. The van der Waals surface area contributed by atoms with Crippen molar-refractivity contribution >= 4 is 37.2 Å². The molecule has 7 heteroatoms. The highest BCUT2D eigenvalue weighted by Crippen LogP contribution is 2.22. The van der Waals surface area contributed by atoms with Gasteiger partial charge in [0.2, 0.25) is 0 Å². The number of hydrogen-bond acceptors (Lipinski definition) is 3. The predicted octanol–water partition coefficient (Wildman–Crippen LogP) is 3.82. The van der Waals surface area contributed by atoms with Gasteiger partial charge in [-0.1, -0.05) is 31.9 Å². The fraction of sp³-hybridized carbons (Fsp3) is 0.500. The first-order valence-electron chi connectivity index (χ1n) is 6.69. The van der Waals surface area contributed by atoms with Gasteiger partial charge in [-0.2, -0.15) is 0 Å². The maximum atomic E-state index is 12.1. The summed E-state index contributed by atoms with van der Waals surface area (Å²) in [5, 5.41) is 2.98. The van der Waals surface area contributed by atoms with Crippen LogP contribution in [0.25, 0.3) is 0 Å². The monoisotopic (exact) mass is 351 g/mol. The van der Waals surface area contributed by atoms with E-state index in [4.69, 9.17) is 22.3 Å². The molecule has 0 spiro atoms. The van der Waals surface area contributed by atoms with Gasteiger partial charge >= 0.3 is 0 Å². The number of nitrogens with one attached hydrogen (secondary N) is 1. The van der Waals surface area contributed by atoms with Crippen molar-refractivity contribution in [1.82, 2.24) is 5.32 Å². The van der Waals surface area contributed by atoms with Gasteiger partial charge in [0.1, 0.15) is 0 Å². The summed E-state index contributed by atoms with van der Waals surface area (Å²) in [6.07, 6.45) is 1.88. The molecular weight excluding hydrogens is 333 g/mol. The van der Waals surface area contributed by atoms with E-state index >= 15 is 0 Å². The molecule has 1 amide bonds. The summed E-state index contributed by atoms with van der Waals surface area (Å²) in [5.74, 6) is 0.133. The molecular formula is C14H19Cl2NO3S. The minimum atomic E-state index is -3.92. The second-order valence-corrected chi connectivity index (χ2v) is 8.24. The normalized spacial score (nSPS) is 14.5. The molecule has 0 aliphatic heterocycles. The van der Waals surface area contributed by atoms with Crippen molar-refractivity contribution in [2.75, 3.05) is 0 Å². The van der Waals surface area contributed by atoms with Crippen molar-refractivity contribution in [2.45, 2.75) is 44.6 Å². The maximum absolute atomic E-state index is 12.1. The van der Waals surface area contributed by atoms with Crippen molar-refractivity contribution in [3.8, 4) is 0 Å². The molecule has 0 heterocycles. The van der Waals surface area contributed by atoms with Gasteiger partial charge in [-0.05, 0) is 37.5 Å². The van der Waals surface area contributed by atoms with Crippen LogP contribution in [0.2, 0.25) is 5.02 Å². The van der Waals surface area contributed by atoms with Crippen molar-refractivity contribution < 1.29 is 13.2 Å². The highest BCUT2D eigenvalue weighted by atomic mass is 35.7. The first-order valence-corrected chi connectivity index (χ1v) is 9.38. The number of amides is 1. The van der Waals surface area contributed by atoms with Gasteiger partial charge in [-0.25, -0.2) is 8.42 Å². The zero-order valence-electron chi connectivity index (χ0n) is 12.2. The molecule has 21 heavy (non-hydrogen) atoms. The smallest absolute Gasteiger partial charge is 0.261 e. The van der Waals surface area contributed by atoms with Crippen LogP contribution in [0, 0.1) is 5.92 Å². The second-order valence-electron chi connectivity index (χ2n) is 5.24. The maximum Gasteiger partial charge on any atom is 0.261 e. The third kappa shape index (κ3) is 5.85. The fourth-order valence-electron chi connectivity index (χ4n) is 1.97. The summed E-state index contributed by atoms with van der Waals surface area (Å²) in [6.45, 7) is 6.11. The Morgan fingerprint density at radius 1 is 1.29 bits per heavy atom. The zero-order chi connectivity index (χ0) is 16.2. The van der Waals surface area contributed by atoms with E-state index in [-0.39, 0.29) is 27.4 Å². The van der Waals surface area contributed by atoms with E-state index < -0.39 is 9.05 Å². The average Bonchev–Trinajstić information content (AvgIpc) is 2.36. The Hall–Kier alpha value is -0.780. The van der Waals surface area contributed by atoms with Crippen molar-refractivity contribution in [3.63, 3.8) is 0 Å². The summed E-state index contributed by atoms with van der Waals surface area (Å²) in [4.78, 5) is 12.0. The molecule has 2 atom stereocenters. The van der Waals surface area contributed by atoms with Gasteiger partial charge in [0.05, 0.1) is 4.90 Å². The zero-order valence-corrected chi connectivity index (χ0v) is 14.5. The molecule has 1 aromatic carbocycles. The fourth-order valence-corrected chi connectivity index (χ4v) is 3.07. The van der Waals surface area contributed by atoms with Crippen LogP contribution in [0.3, 0.4) is 0 Å². The number of halogens is 2. The lowest BCUT2D eigenvalue weighted by molar-refractivity contribution is 0.0935. The first-order chi connectivity index (χ1) is 9.63. The van der Waals surface area contributed by atoms with Crippen LogP contribution in [-0.4, -0.2) is 20.4 Å². The van der Waals surface area contributed by atoms with E-state index in [2.05, 4.69) is 19.2 Å². The number of rotatable bonds is 6. The molecule has 0 saturated heterocycles. The average molecular weight is 352 g/mol. The molecule has 0 saturated carbocycles. The lowest BCUT2D eigenvalue weighted by Crippen LogP contribution is -2.33. The van der Waals surface area contributed by atoms with Gasteiger partial charge in [-0.3, -0.25) is 4.79 Å². The lowest BCUT2D eigenvalue weighted by atomic mass is 10.0. The Bertz CT molecular complexity index is 617. The molecule has 0 aliphatic carbocycles. The molecule has 1 rings (SSSR count). The standard InChI is InChI=1S/C14H19Cl2NO3S/c1-4-9(2)5-10(3)17-14(18)11-6-12(15)8-13(7-11)21(16,19)20/h6-10H,4-5H2,1-3H3,(H,17,18). The van der Waals surface area contributed by atoms with Crippen LogP contribution in [-0.2, 0) is 9.05 Å². The predicted molar refractivity (Wildman–Crippen MR) is 85.5 cm³/mol. The summed E-state index contributed by atoms with van der Waals surface area (Å²) in [7, 11) is 1.36. The molecule has 1 aromatic rings. The van der Waals surface area contributed by atoms with Crippen LogP contribution in [0.1, 0.15) is 44.0 Å². The molecule has 4 nitrogen and oxygen atoms in total. The summed E-state index contributed by atoms with van der Waals surface area (Å²) in [5.41, 5.74) is 0.178. The first kappa shape index (κ1) is 18.3. The van der Waals surface area contributed by atoms with Crippen LogP contribution in [0.4, 0.5) is 0 Å². The number of carbonyl (C=O) groups excluding carboxylic acids is 1. The Labute approximate surface area is 135 Å². The van der Waals surface area contributed by atoms with E-state index in [0.29, 0.717) is 5.92 Å². The van der Waals surface area contributed by atoms with Gasteiger partial charge in [0.25, 0.3) is 15.0 Å². The Morgan fingerprint density at radius 3 is 2.43 bits per heavy atom.